The van der Waals surface area contributed by atoms with Gasteiger partial charge in [-0.05, 0) is 19.8 Å². The van der Waals surface area contributed by atoms with E-state index in [2.05, 4.69) is 20.5 Å². The third-order valence-electron chi connectivity index (χ3n) is 2.80. The second kappa shape index (κ2) is 4.55. The molecule has 0 atom stereocenters. The normalized spacial score (nSPS) is 18.6. The molecule has 0 radical (unpaired) electrons. The van der Waals surface area contributed by atoms with Gasteiger partial charge in [-0.3, -0.25) is 5.10 Å². The molecule has 1 aliphatic carbocycles. The van der Waals surface area contributed by atoms with Crippen LogP contribution in [0.25, 0.3) is 0 Å². The standard InChI is InChI=1S/C10H18N4/c1-8-12-10(14-13-8)7-11-9-5-3-2-4-6-9/h9,11H,2-7H2,1H3,(H,12,13,14). The van der Waals surface area contributed by atoms with Crippen LogP contribution in [0.4, 0.5) is 0 Å². The summed E-state index contributed by atoms with van der Waals surface area (Å²) >= 11 is 0. The van der Waals surface area contributed by atoms with Crippen LogP contribution in [0.2, 0.25) is 0 Å². The van der Waals surface area contributed by atoms with E-state index in [-0.39, 0.29) is 0 Å². The molecule has 0 aromatic carbocycles. The van der Waals surface area contributed by atoms with Gasteiger partial charge in [0.05, 0.1) is 6.54 Å². The van der Waals surface area contributed by atoms with Gasteiger partial charge in [-0.25, -0.2) is 4.98 Å². The highest BCUT2D eigenvalue weighted by Gasteiger charge is 2.12. The van der Waals surface area contributed by atoms with Crippen LogP contribution in [0.15, 0.2) is 0 Å². The Morgan fingerprint density at radius 3 is 2.79 bits per heavy atom. The molecule has 0 spiro atoms. The first kappa shape index (κ1) is 9.65. The number of aromatic amines is 1. The smallest absolute Gasteiger partial charge is 0.164 e. The first-order valence-electron chi connectivity index (χ1n) is 5.46. The van der Waals surface area contributed by atoms with Crippen molar-refractivity contribution in [2.45, 2.75) is 51.6 Å². The third-order valence-corrected chi connectivity index (χ3v) is 2.80. The number of hydrogen-bond acceptors (Lipinski definition) is 3. The van der Waals surface area contributed by atoms with Crippen LogP contribution in [-0.2, 0) is 6.54 Å². The minimum Gasteiger partial charge on any atom is -0.307 e. The highest BCUT2D eigenvalue weighted by Crippen LogP contribution is 2.17. The van der Waals surface area contributed by atoms with E-state index in [1.165, 1.54) is 32.1 Å². The van der Waals surface area contributed by atoms with Crippen molar-refractivity contribution in [2.24, 2.45) is 0 Å². The zero-order valence-corrected chi connectivity index (χ0v) is 8.71. The van der Waals surface area contributed by atoms with Crippen molar-refractivity contribution >= 4 is 0 Å². The van der Waals surface area contributed by atoms with Crippen LogP contribution < -0.4 is 5.32 Å². The molecule has 4 heteroatoms. The fourth-order valence-electron chi connectivity index (χ4n) is 2.01. The third kappa shape index (κ3) is 2.54. The highest BCUT2D eigenvalue weighted by atomic mass is 15.2. The fourth-order valence-corrected chi connectivity index (χ4v) is 2.01. The number of aromatic nitrogens is 3. The molecule has 0 saturated heterocycles. The summed E-state index contributed by atoms with van der Waals surface area (Å²) in [6.45, 7) is 2.73. The Bertz CT molecular complexity index is 275. The predicted octanol–water partition coefficient (Wildman–Crippen LogP) is 1.54. The Kier molecular flexibility index (Phi) is 3.14. The minimum absolute atomic E-state index is 0.683. The summed E-state index contributed by atoms with van der Waals surface area (Å²) in [5, 5.41) is 10.5. The SMILES string of the molecule is Cc1nc(CNC2CCCCC2)n[nH]1. The molecule has 1 aromatic heterocycles. The molecule has 1 heterocycles. The van der Waals surface area contributed by atoms with Gasteiger partial charge in [0.25, 0.3) is 0 Å². The molecule has 78 valence electrons. The maximum absolute atomic E-state index is 4.27. The minimum atomic E-state index is 0.683. The van der Waals surface area contributed by atoms with Crippen LogP contribution in [0.1, 0.15) is 43.8 Å². The number of aryl methyl sites for hydroxylation is 1. The zero-order chi connectivity index (χ0) is 9.80. The maximum atomic E-state index is 4.27. The Balaban J connectivity index is 1.76. The van der Waals surface area contributed by atoms with Gasteiger partial charge < -0.3 is 5.32 Å². The van der Waals surface area contributed by atoms with E-state index in [0.29, 0.717) is 6.04 Å². The number of nitrogens with zero attached hydrogens (tertiary/aromatic N) is 2. The van der Waals surface area contributed by atoms with Gasteiger partial charge in [0.2, 0.25) is 0 Å². The number of rotatable bonds is 3. The molecular weight excluding hydrogens is 176 g/mol. The van der Waals surface area contributed by atoms with Crippen LogP contribution >= 0.6 is 0 Å². The monoisotopic (exact) mass is 194 g/mol. The molecule has 14 heavy (non-hydrogen) atoms. The van der Waals surface area contributed by atoms with Gasteiger partial charge in [-0.1, -0.05) is 19.3 Å². The van der Waals surface area contributed by atoms with E-state index in [1.807, 2.05) is 6.92 Å². The molecule has 1 aromatic rings. The van der Waals surface area contributed by atoms with Crippen molar-refractivity contribution in [3.05, 3.63) is 11.6 Å². The molecule has 1 saturated carbocycles. The molecule has 4 nitrogen and oxygen atoms in total. The summed E-state index contributed by atoms with van der Waals surface area (Å²) < 4.78 is 0. The molecule has 2 N–H and O–H groups in total. The lowest BCUT2D eigenvalue weighted by atomic mass is 9.95. The summed E-state index contributed by atoms with van der Waals surface area (Å²) in [7, 11) is 0. The Morgan fingerprint density at radius 2 is 2.14 bits per heavy atom. The molecule has 0 amide bonds. The lowest BCUT2D eigenvalue weighted by Crippen LogP contribution is -2.30. The lowest BCUT2D eigenvalue weighted by Gasteiger charge is -2.21. The molecule has 0 aliphatic heterocycles. The number of nitrogens with one attached hydrogen (secondary N) is 2. The van der Waals surface area contributed by atoms with E-state index >= 15 is 0 Å². The summed E-state index contributed by atoms with van der Waals surface area (Å²) in [5.74, 6) is 1.78. The number of hydrogen-bond donors (Lipinski definition) is 2. The molecule has 0 unspecified atom stereocenters. The first-order chi connectivity index (χ1) is 6.84. The average molecular weight is 194 g/mol. The van der Waals surface area contributed by atoms with Crippen molar-refractivity contribution < 1.29 is 0 Å². The molecule has 2 rings (SSSR count). The van der Waals surface area contributed by atoms with Gasteiger partial charge in [0.15, 0.2) is 5.82 Å². The Labute approximate surface area is 84.5 Å². The van der Waals surface area contributed by atoms with Gasteiger partial charge in [0, 0.05) is 6.04 Å². The highest BCUT2D eigenvalue weighted by molar-refractivity contribution is 4.87. The van der Waals surface area contributed by atoms with E-state index in [9.17, 15) is 0 Å². The van der Waals surface area contributed by atoms with Crippen molar-refractivity contribution in [2.75, 3.05) is 0 Å². The van der Waals surface area contributed by atoms with E-state index in [0.717, 1.165) is 18.2 Å². The quantitative estimate of drug-likeness (QED) is 0.767. The fraction of sp³-hybridized carbons (Fsp3) is 0.800. The molecule has 1 aliphatic rings. The zero-order valence-electron chi connectivity index (χ0n) is 8.71. The van der Waals surface area contributed by atoms with E-state index in [1.54, 1.807) is 0 Å². The Morgan fingerprint density at radius 1 is 1.36 bits per heavy atom. The van der Waals surface area contributed by atoms with Gasteiger partial charge in [-0.15, -0.1) is 0 Å². The van der Waals surface area contributed by atoms with Crippen LogP contribution in [-0.4, -0.2) is 21.2 Å². The van der Waals surface area contributed by atoms with E-state index < -0.39 is 0 Å². The maximum Gasteiger partial charge on any atom is 0.164 e. The summed E-state index contributed by atoms with van der Waals surface area (Å²) in [6, 6.07) is 0.683. The topological polar surface area (TPSA) is 53.6 Å². The average Bonchev–Trinajstić information content (AvgIpc) is 2.63. The Hall–Kier alpha value is -0.900. The van der Waals surface area contributed by atoms with Gasteiger partial charge in [-0.2, -0.15) is 5.10 Å². The van der Waals surface area contributed by atoms with Crippen molar-refractivity contribution in [3.63, 3.8) is 0 Å². The van der Waals surface area contributed by atoms with Crippen LogP contribution in [0, 0.1) is 6.92 Å². The van der Waals surface area contributed by atoms with Gasteiger partial charge >= 0.3 is 0 Å². The second-order valence-electron chi connectivity index (χ2n) is 4.05. The summed E-state index contributed by atoms with van der Waals surface area (Å²) in [4.78, 5) is 4.27. The van der Waals surface area contributed by atoms with Gasteiger partial charge in [0.1, 0.15) is 5.82 Å². The van der Waals surface area contributed by atoms with Crippen LogP contribution in [0.5, 0.6) is 0 Å². The van der Waals surface area contributed by atoms with Crippen LogP contribution in [0.3, 0.4) is 0 Å². The summed E-state index contributed by atoms with van der Waals surface area (Å²) in [5.41, 5.74) is 0. The van der Waals surface area contributed by atoms with Crippen molar-refractivity contribution in [1.82, 2.24) is 20.5 Å². The van der Waals surface area contributed by atoms with E-state index in [4.69, 9.17) is 0 Å². The second-order valence-corrected chi connectivity index (χ2v) is 4.05. The van der Waals surface area contributed by atoms with Crippen molar-refractivity contribution in [3.8, 4) is 0 Å². The first-order valence-corrected chi connectivity index (χ1v) is 5.46. The lowest BCUT2D eigenvalue weighted by molar-refractivity contribution is 0.369. The predicted molar refractivity (Wildman–Crippen MR) is 54.8 cm³/mol. The number of H-pyrrole nitrogens is 1. The van der Waals surface area contributed by atoms with Crippen molar-refractivity contribution in [1.29, 1.82) is 0 Å². The molecule has 0 bridgehead atoms. The molecule has 1 fully saturated rings. The largest absolute Gasteiger partial charge is 0.307 e. The molecular formula is C10H18N4. The summed E-state index contributed by atoms with van der Waals surface area (Å²) in [6.07, 6.45) is 6.75.